The quantitative estimate of drug-likeness (QED) is 0.245. The van der Waals surface area contributed by atoms with Crippen LogP contribution in [-0.4, -0.2) is 18.5 Å². The molecule has 0 fully saturated rings. The van der Waals surface area contributed by atoms with Gasteiger partial charge in [-0.3, -0.25) is 10.1 Å². The van der Waals surface area contributed by atoms with Crippen molar-refractivity contribution in [3.8, 4) is 34.3 Å². The molecule has 0 amide bonds. The predicted octanol–water partition coefficient (Wildman–Crippen LogP) is 1.31. The molecule has 0 N–H and O–H groups in total. The van der Waals surface area contributed by atoms with E-state index in [4.69, 9.17) is 18.9 Å². The van der Waals surface area contributed by atoms with Gasteiger partial charge in [0.25, 0.3) is 5.69 Å². The van der Waals surface area contributed by atoms with E-state index in [0.717, 1.165) is 69.1 Å². The second-order valence-electron chi connectivity index (χ2n) is 8.62. The van der Waals surface area contributed by atoms with Gasteiger partial charge in [-0.15, -0.1) is 0 Å². The minimum atomic E-state index is -0.376. The average molecular weight is 491 g/mol. The highest BCUT2D eigenvalue weighted by Gasteiger charge is 2.33. The fraction of sp³-hybridized carbons (Fsp3) is 0.192. The van der Waals surface area contributed by atoms with Gasteiger partial charge in [0.1, 0.15) is 0 Å². The first-order valence-corrected chi connectivity index (χ1v) is 11.1. The fourth-order valence-electron chi connectivity index (χ4n) is 5.17. The SMILES string of the molecule is O=[N+]([O-])c1ccc(Cc2c3[n+](cc4c5c(ccc24)OCO5)CCc2cc4c(cc2-3)OCO4)cc1.[Cl-]. The first kappa shape index (κ1) is 21.5. The van der Waals surface area contributed by atoms with Crippen molar-refractivity contribution in [2.75, 3.05) is 13.6 Å². The van der Waals surface area contributed by atoms with Gasteiger partial charge in [-0.05, 0) is 35.4 Å². The topological polar surface area (TPSA) is 83.9 Å². The van der Waals surface area contributed by atoms with E-state index in [1.807, 2.05) is 18.2 Å². The molecule has 0 aliphatic carbocycles. The minimum absolute atomic E-state index is 0. The second-order valence-corrected chi connectivity index (χ2v) is 8.62. The summed E-state index contributed by atoms with van der Waals surface area (Å²) in [4.78, 5) is 10.8. The van der Waals surface area contributed by atoms with Crippen molar-refractivity contribution in [1.29, 1.82) is 0 Å². The third kappa shape index (κ3) is 3.32. The molecule has 8 nitrogen and oxygen atoms in total. The van der Waals surface area contributed by atoms with Crippen molar-refractivity contribution in [3.05, 3.63) is 81.5 Å². The molecule has 0 bridgehead atoms. The van der Waals surface area contributed by atoms with Crippen molar-refractivity contribution < 1.29 is 40.8 Å². The molecule has 0 radical (unpaired) electrons. The lowest BCUT2D eigenvalue weighted by atomic mass is 9.88. The zero-order valence-corrected chi connectivity index (χ0v) is 19.2. The summed E-state index contributed by atoms with van der Waals surface area (Å²) in [7, 11) is 0. The van der Waals surface area contributed by atoms with Crippen molar-refractivity contribution in [3.63, 3.8) is 0 Å². The van der Waals surface area contributed by atoms with E-state index >= 15 is 0 Å². The van der Waals surface area contributed by atoms with E-state index in [-0.39, 0.29) is 36.6 Å². The highest BCUT2D eigenvalue weighted by atomic mass is 35.5. The molecular weight excluding hydrogens is 472 g/mol. The molecule has 0 saturated carbocycles. The normalized spacial score (nSPS) is 14.3. The maximum Gasteiger partial charge on any atom is 0.269 e. The molecule has 176 valence electrons. The van der Waals surface area contributed by atoms with Crippen LogP contribution in [0.25, 0.3) is 22.0 Å². The molecule has 3 aliphatic heterocycles. The third-order valence-corrected chi connectivity index (χ3v) is 6.76. The van der Waals surface area contributed by atoms with Crippen LogP contribution in [0.15, 0.2) is 54.7 Å². The number of non-ortho nitro benzene ring substituents is 1. The van der Waals surface area contributed by atoms with E-state index in [2.05, 4.69) is 29.0 Å². The van der Waals surface area contributed by atoms with Crippen LogP contribution in [0.3, 0.4) is 0 Å². The van der Waals surface area contributed by atoms with Gasteiger partial charge < -0.3 is 31.4 Å². The molecule has 3 aliphatic rings. The number of halogens is 1. The Kier molecular flexibility index (Phi) is 4.93. The molecular formula is C26H19ClN2O6. The zero-order chi connectivity index (χ0) is 22.8. The van der Waals surface area contributed by atoms with E-state index in [9.17, 15) is 10.1 Å². The summed E-state index contributed by atoms with van der Waals surface area (Å²) in [6.45, 7) is 1.25. The molecule has 3 aromatic carbocycles. The highest BCUT2D eigenvalue weighted by molar-refractivity contribution is 5.95. The average Bonchev–Trinajstić information content (AvgIpc) is 3.52. The number of ether oxygens (including phenoxy) is 4. The van der Waals surface area contributed by atoms with Gasteiger partial charge in [-0.1, -0.05) is 12.1 Å². The molecule has 4 aromatic rings. The summed E-state index contributed by atoms with van der Waals surface area (Å²) < 4.78 is 25.0. The molecule has 1 aromatic heterocycles. The fourth-order valence-corrected chi connectivity index (χ4v) is 5.17. The van der Waals surface area contributed by atoms with E-state index in [1.54, 1.807) is 12.1 Å². The van der Waals surface area contributed by atoms with Gasteiger partial charge in [0.15, 0.2) is 35.7 Å². The number of nitrogens with zero attached hydrogens (tertiary/aromatic N) is 2. The number of hydrogen-bond acceptors (Lipinski definition) is 6. The van der Waals surface area contributed by atoms with Crippen LogP contribution < -0.4 is 35.9 Å². The number of benzene rings is 3. The summed E-state index contributed by atoms with van der Waals surface area (Å²) in [5, 5.41) is 13.2. The molecule has 9 heteroatoms. The Labute approximate surface area is 206 Å². The van der Waals surface area contributed by atoms with Gasteiger partial charge in [-0.2, -0.15) is 4.57 Å². The molecule has 0 spiro atoms. The van der Waals surface area contributed by atoms with Crippen LogP contribution in [0.2, 0.25) is 0 Å². The number of aromatic nitrogens is 1. The molecule has 4 heterocycles. The van der Waals surface area contributed by atoms with Gasteiger partial charge in [-0.25, -0.2) is 0 Å². The maximum atomic E-state index is 11.1. The van der Waals surface area contributed by atoms with Crippen LogP contribution >= 0.6 is 0 Å². The number of fused-ring (bicyclic) bond motifs is 7. The number of pyridine rings is 1. The summed E-state index contributed by atoms with van der Waals surface area (Å²) in [6, 6.07) is 14.9. The summed E-state index contributed by atoms with van der Waals surface area (Å²) in [5.41, 5.74) is 5.65. The molecule has 35 heavy (non-hydrogen) atoms. The lowest BCUT2D eigenvalue weighted by molar-refractivity contribution is -0.686. The van der Waals surface area contributed by atoms with Gasteiger partial charge in [0, 0.05) is 35.9 Å². The lowest BCUT2D eigenvalue weighted by Crippen LogP contribution is -3.00. The zero-order valence-electron chi connectivity index (χ0n) is 18.5. The Bertz CT molecular complexity index is 1520. The van der Waals surface area contributed by atoms with E-state index in [1.165, 1.54) is 5.56 Å². The molecule has 0 atom stereocenters. The van der Waals surface area contributed by atoms with Crippen molar-refractivity contribution in [2.45, 2.75) is 19.4 Å². The smallest absolute Gasteiger partial charge is 0.269 e. The second kappa shape index (κ2) is 8.02. The maximum absolute atomic E-state index is 11.1. The predicted molar refractivity (Wildman–Crippen MR) is 121 cm³/mol. The van der Waals surface area contributed by atoms with Crippen molar-refractivity contribution >= 4 is 16.5 Å². The summed E-state index contributed by atoms with van der Waals surface area (Å²) in [5.74, 6) is 3.04. The van der Waals surface area contributed by atoms with Crippen LogP contribution in [-0.2, 0) is 19.4 Å². The first-order valence-electron chi connectivity index (χ1n) is 11.1. The molecule has 0 saturated heterocycles. The summed E-state index contributed by atoms with van der Waals surface area (Å²) >= 11 is 0. The minimum Gasteiger partial charge on any atom is -1.00 e. The molecule has 0 unspecified atom stereocenters. The van der Waals surface area contributed by atoms with Gasteiger partial charge in [0.2, 0.25) is 19.3 Å². The number of nitro benzene ring substituents is 1. The highest BCUT2D eigenvalue weighted by Crippen LogP contribution is 2.45. The number of nitro groups is 1. The standard InChI is InChI=1S/C26H19N2O6.ClH/c29-28(30)17-3-1-15(2-4-17)9-20-18-5-6-22-26(34-14-31-22)21(18)12-27-8-7-16-10-23-24(33-13-32-23)11-19(16)25(20)27;/h1-6,10-12H,7-9,13-14H2;1H/q+1;/p-1. The van der Waals surface area contributed by atoms with Crippen molar-refractivity contribution in [1.82, 2.24) is 0 Å². The van der Waals surface area contributed by atoms with Crippen molar-refractivity contribution in [2.24, 2.45) is 0 Å². The number of rotatable bonds is 3. The Hall–Kier alpha value is -4.04. The Morgan fingerprint density at radius 3 is 2.43 bits per heavy atom. The Balaban J connectivity index is 0.00000229. The van der Waals surface area contributed by atoms with Crippen LogP contribution in [0.4, 0.5) is 5.69 Å². The monoisotopic (exact) mass is 490 g/mol. The van der Waals surface area contributed by atoms with Gasteiger partial charge >= 0.3 is 0 Å². The van der Waals surface area contributed by atoms with Crippen LogP contribution in [0, 0.1) is 10.1 Å². The van der Waals surface area contributed by atoms with Gasteiger partial charge in [0.05, 0.1) is 15.9 Å². The van der Waals surface area contributed by atoms with E-state index in [0.29, 0.717) is 6.42 Å². The van der Waals surface area contributed by atoms with Crippen LogP contribution in [0.5, 0.6) is 23.0 Å². The number of hydrogen-bond donors (Lipinski definition) is 0. The van der Waals surface area contributed by atoms with Crippen LogP contribution in [0.1, 0.15) is 16.7 Å². The van der Waals surface area contributed by atoms with E-state index < -0.39 is 0 Å². The number of aryl methyl sites for hydroxylation is 2. The molecule has 7 rings (SSSR count). The Morgan fingerprint density at radius 2 is 1.63 bits per heavy atom. The largest absolute Gasteiger partial charge is 1.00 e. The lowest BCUT2D eigenvalue weighted by Gasteiger charge is -2.20. The summed E-state index contributed by atoms with van der Waals surface area (Å²) in [6.07, 6.45) is 3.63. The Morgan fingerprint density at radius 1 is 0.886 bits per heavy atom. The third-order valence-electron chi connectivity index (χ3n) is 6.76. The first-order chi connectivity index (χ1) is 16.7.